The summed E-state index contributed by atoms with van der Waals surface area (Å²) in [6.07, 6.45) is 81.9. The Hall–Kier alpha value is -2.40. The molecule has 84 heavy (non-hydrogen) atoms. The highest BCUT2D eigenvalue weighted by Crippen LogP contribution is 2.71. The Kier molecular flexibility index (Phi) is 18.0. The second-order valence-electron chi connectivity index (χ2n) is 32.7. The fourth-order valence-corrected chi connectivity index (χ4v) is 23.8. The molecule has 0 N–H and O–H groups in total. The van der Waals surface area contributed by atoms with Gasteiger partial charge in [-0.3, -0.25) is 4.90 Å². The van der Waals surface area contributed by atoms with Gasteiger partial charge < -0.3 is 14.4 Å². The number of rotatable bonds is 14. The van der Waals surface area contributed by atoms with Crippen molar-refractivity contribution < 1.29 is 9.47 Å². The van der Waals surface area contributed by atoms with Crippen LogP contribution in [0.2, 0.25) is 0 Å². The molecular formula is C80H120N2O2. The highest BCUT2D eigenvalue weighted by Gasteiger charge is 2.65. The number of ether oxygens (including phenoxy) is 2. The first kappa shape index (κ1) is 59.2. The van der Waals surface area contributed by atoms with Crippen LogP contribution in [0.25, 0.3) is 0 Å². The molecule has 0 aromatic carbocycles. The van der Waals surface area contributed by atoms with E-state index in [0.717, 1.165) is 54.0 Å². The number of fused-ring (bicyclic) bond motifs is 6. The largest absolute Gasteiger partial charge is 0.375 e. The van der Waals surface area contributed by atoms with Crippen LogP contribution >= 0.6 is 0 Å². The summed E-state index contributed by atoms with van der Waals surface area (Å²) in [7, 11) is 0. The molecule has 1 aliphatic heterocycles. The molecule has 0 bridgehead atoms. The van der Waals surface area contributed by atoms with Crippen LogP contribution in [0.1, 0.15) is 278 Å². The Bertz CT molecular complexity index is 2500. The Morgan fingerprint density at radius 3 is 2.07 bits per heavy atom. The van der Waals surface area contributed by atoms with Gasteiger partial charge in [0.25, 0.3) is 0 Å². The molecule has 4 nitrogen and oxygen atoms in total. The summed E-state index contributed by atoms with van der Waals surface area (Å²) in [5, 5.41) is 0. The lowest BCUT2D eigenvalue weighted by molar-refractivity contribution is -0.0722. The van der Waals surface area contributed by atoms with E-state index >= 15 is 0 Å². The SMILES string of the molecule is C=CC1CCC(OC2CC=C(C3(C4CCC(OC5CCCCC5)CC4)C4CC(N(C5C=CC(C(C)(C)C6=CC(C)CCC6)=CC5)C5CCC(C6=CC7C(CC6)N(C6CCCCC6)C6=CCCCC67C)CC5)C=CC4C4CCCCC43)CC2)CC1. The van der Waals surface area contributed by atoms with Crippen LogP contribution in [-0.4, -0.2) is 64.4 Å². The van der Waals surface area contributed by atoms with Gasteiger partial charge in [0.1, 0.15) is 0 Å². The normalized spacial score (nSPS) is 43.3. The third kappa shape index (κ3) is 11.3. The van der Waals surface area contributed by atoms with Crippen molar-refractivity contribution in [3.8, 4) is 0 Å². The Labute approximate surface area is 514 Å². The van der Waals surface area contributed by atoms with Gasteiger partial charge in [0.2, 0.25) is 0 Å². The van der Waals surface area contributed by atoms with E-state index in [2.05, 4.69) is 105 Å². The molecule has 12 atom stereocenters. The van der Waals surface area contributed by atoms with E-state index in [1.54, 1.807) is 16.8 Å². The standard InChI is InChI=1S/C80H120N2O2/c1-6-56-27-43-68(44-28-56)84-70-47-36-61(37-48-70)80(60-34-45-69(46-35-60)83-67-22-11-8-12-23-67)73-25-14-13-24-71(73)72-49-42-66(54-74(72)80)81(65-40-32-59(33-41-65)78(3,4)62-19-17-18-55(2)52-62)64-38-29-57(30-39-64)58-31-50-76-75(53-58)79(5)51-16-15-26-77(79)82(76)63-20-9-7-10-21-63/h6,26,32-33,36,40,42,49,52-53,55-57,60,63-76H,1,7-25,27-31,34-35,37-39,41,43-48,50-51,54H2,2-5H3. The summed E-state index contributed by atoms with van der Waals surface area (Å²) in [6.45, 7) is 14.5. The van der Waals surface area contributed by atoms with Crippen molar-refractivity contribution in [2.75, 3.05) is 0 Å². The van der Waals surface area contributed by atoms with Crippen molar-refractivity contribution in [1.29, 1.82) is 0 Å². The third-order valence-corrected chi connectivity index (χ3v) is 28.0. The Morgan fingerprint density at radius 2 is 1.35 bits per heavy atom. The molecule has 0 aromatic heterocycles. The smallest absolute Gasteiger partial charge is 0.0616 e. The minimum Gasteiger partial charge on any atom is -0.375 e. The minimum atomic E-state index is 0.102. The summed E-state index contributed by atoms with van der Waals surface area (Å²) >= 11 is 0. The fourth-order valence-electron chi connectivity index (χ4n) is 23.8. The average molecular weight is 1140 g/mol. The number of allylic oxidation sites excluding steroid dienone is 10. The molecule has 462 valence electrons. The summed E-state index contributed by atoms with van der Waals surface area (Å²) < 4.78 is 14.3. The quantitative estimate of drug-likeness (QED) is 0.162. The summed E-state index contributed by atoms with van der Waals surface area (Å²) in [5.41, 5.74) is 9.65. The number of hydrogen-bond acceptors (Lipinski definition) is 4. The van der Waals surface area contributed by atoms with Gasteiger partial charge in [-0.25, -0.2) is 0 Å². The van der Waals surface area contributed by atoms with Crippen LogP contribution in [0.3, 0.4) is 0 Å². The van der Waals surface area contributed by atoms with Gasteiger partial charge in [-0.05, 0) is 252 Å². The van der Waals surface area contributed by atoms with Crippen LogP contribution in [0.5, 0.6) is 0 Å². The molecule has 1 saturated heterocycles. The lowest BCUT2D eigenvalue weighted by atomic mass is 9.51. The van der Waals surface area contributed by atoms with Gasteiger partial charge in [-0.15, -0.1) is 6.58 Å². The van der Waals surface area contributed by atoms with Gasteiger partial charge >= 0.3 is 0 Å². The summed E-state index contributed by atoms with van der Waals surface area (Å²) in [6, 6.07) is 3.13. The molecule has 0 aromatic rings. The van der Waals surface area contributed by atoms with Gasteiger partial charge in [0.05, 0.1) is 24.4 Å². The van der Waals surface area contributed by atoms with Gasteiger partial charge in [-0.2, -0.15) is 0 Å². The maximum Gasteiger partial charge on any atom is 0.0616 e. The molecular weight excluding hydrogens is 1020 g/mol. The first-order chi connectivity index (χ1) is 41.1. The van der Waals surface area contributed by atoms with E-state index in [9.17, 15) is 0 Å². The molecule has 4 heteroatoms. The van der Waals surface area contributed by atoms with Gasteiger partial charge in [0, 0.05) is 58.1 Å². The van der Waals surface area contributed by atoms with Crippen molar-refractivity contribution >= 4 is 0 Å². The van der Waals surface area contributed by atoms with Crippen LogP contribution in [0, 0.1) is 69.5 Å². The van der Waals surface area contributed by atoms with Crippen LogP contribution in [-0.2, 0) is 9.47 Å². The van der Waals surface area contributed by atoms with E-state index in [1.807, 2.05) is 11.1 Å². The molecule has 0 amide bonds. The fraction of sp³-hybridized carbons (Fsp3) is 0.800. The molecule has 7 saturated carbocycles. The molecule has 1 heterocycles. The average Bonchev–Trinajstić information content (AvgIpc) is 1.64. The molecule has 0 radical (unpaired) electrons. The van der Waals surface area contributed by atoms with Gasteiger partial charge in [0.15, 0.2) is 0 Å². The lowest BCUT2D eigenvalue weighted by Gasteiger charge is -2.55. The van der Waals surface area contributed by atoms with Gasteiger partial charge in [-0.1, -0.05) is 157 Å². The van der Waals surface area contributed by atoms with Crippen molar-refractivity contribution in [3.05, 3.63) is 95.3 Å². The van der Waals surface area contributed by atoms with Crippen molar-refractivity contribution in [1.82, 2.24) is 9.80 Å². The first-order valence-electron chi connectivity index (χ1n) is 37.5. The highest BCUT2D eigenvalue weighted by molar-refractivity contribution is 5.40. The zero-order valence-electron chi connectivity index (χ0n) is 54.2. The minimum absolute atomic E-state index is 0.102. The van der Waals surface area contributed by atoms with Crippen LogP contribution in [0.15, 0.2) is 95.3 Å². The van der Waals surface area contributed by atoms with Crippen molar-refractivity contribution in [2.24, 2.45) is 69.5 Å². The van der Waals surface area contributed by atoms with Crippen LogP contribution < -0.4 is 0 Å². The topological polar surface area (TPSA) is 24.9 Å². The first-order valence-corrected chi connectivity index (χ1v) is 37.5. The van der Waals surface area contributed by atoms with E-state index in [4.69, 9.17) is 9.47 Å². The van der Waals surface area contributed by atoms with Crippen LogP contribution in [0.4, 0.5) is 0 Å². The summed E-state index contributed by atoms with van der Waals surface area (Å²) in [4.78, 5) is 6.35. The number of nitrogens with zero attached hydrogens (tertiary/aromatic N) is 2. The Balaban J connectivity index is 0.764. The molecule has 14 aliphatic rings. The second-order valence-corrected chi connectivity index (χ2v) is 32.7. The maximum absolute atomic E-state index is 7.15. The second kappa shape index (κ2) is 25.5. The third-order valence-electron chi connectivity index (χ3n) is 28.0. The molecule has 14 rings (SSSR count). The highest BCUT2D eigenvalue weighted by atomic mass is 16.5. The lowest BCUT2D eigenvalue weighted by Crippen LogP contribution is -2.53. The zero-order chi connectivity index (χ0) is 57.0. The summed E-state index contributed by atoms with van der Waals surface area (Å²) in [5.74, 6) is 6.78. The maximum atomic E-state index is 7.15. The Morgan fingerprint density at radius 1 is 0.619 bits per heavy atom. The van der Waals surface area contributed by atoms with E-state index in [-0.39, 0.29) is 5.41 Å². The molecule has 12 unspecified atom stereocenters. The monoisotopic (exact) mass is 1140 g/mol. The zero-order valence-corrected chi connectivity index (χ0v) is 54.2. The van der Waals surface area contributed by atoms with E-state index < -0.39 is 0 Å². The molecule has 0 spiro atoms. The molecule has 8 fully saturated rings. The number of hydrogen-bond donors (Lipinski definition) is 0. The van der Waals surface area contributed by atoms with Crippen molar-refractivity contribution in [3.63, 3.8) is 0 Å². The van der Waals surface area contributed by atoms with Crippen molar-refractivity contribution in [2.45, 2.75) is 333 Å². The van der Waals surface area contributed by atoms with E-state index in [0.29, 0.717) is 71.1 Å². The molecule has 13 aliphatic carbocycles. The number of likely N-dealkylation sites (tertiary alicyclic amines) is 1. The predicted octanol–water partition coefficient (Wildman–Crippen LogP) is 20.8. The van der Waals surface area contributed by atoms with E-state index in [1.165, 1.54) is 244 Å². The predicted molar refractivity (Wildman–Crippen MR) is 350 cm³/mol.